The molecule has 0 aliphatic heterocycles. The minimum atomic E-state index is -0.722. The average Bonchev–Trinajstić information content (AvgIpc) is 2.71. The molecule has 28 heavy (non-hydrogen) atoms. The van der Waals surface area contributed by atoms with Crippen LogP contribution in [-0.2, 0) is 23.9 Å². The summed E-state index contributed by atoms with van der Waals surface area (Å²) < 4.78 is 9.44. The van der Waals surface area contributed by atoms with Crippen molar-refractivity contribution in [2.24, 2.45) is 0 Å². The first-order valence-electron chi connectivity index (χ1n) is 8.19. The van der Waals surface area contributed by atoms with E-state index in [2.05, 4.69) is 25.3 Å². The number of ether oxygens (including phenoxy) is 2. The first-order chi connectivity index (χ1) is 13.5. The maximum Gasteiger partial charge on any atom is 0.339 e. The number of aromatic nitrogens is 2. The fourth-order valence-electron chi connectivity index (χ4n) is 2.05. The Balaban J connectivity index is 1.75. The number of methoxy groups -OCH3 is 1. The molecule has 0 aliphatic rings. The monoisotopic (exact) mass is 386 g/mol. The van der Waals surface area contributed by atoms with Crippen molar-refractivity contribution in [1.29, 1.82) is 0 Å². The molecule has 0 aliphatic carbocycles. The maximum atomic E-state index is 12.0. The van der Waals surface area contributed by atoms with Gasteiger partial charge in [0, 0.05) is 18.8 Å². The number of para-hydroxylation sites is 1. The van der Waals surface area contributed by atoms with Crippen molar-refractivity contribution in [3.05, 3.63) is 48.3 Å². The van der Waals surface area contributed by atoms with Crippen LogP contribution >= 0.6 is 0 Å². The van der Waals surface area contributed by atoms with Gasteiger partial charge in [0.15, 0.2) is 6.61 Å². The van der Waals surface area contributed by atoms with E-state index in [1.165, 1.54) is 25.6 Å². The Kier molecular flexibility index (Phi) is 7.58. The Labute approximate surface area is 160 Å². The number of hydrogen-bond acceptors (Lipinski definition) is 8. The number of benzene rings is 1. The minimum absolute atomic E-state index is 0.0900. The topological polar surface area (TPSA) is 137 Å². The van der Waals surface area contributed by atoms with Gasteiger partial charge in [-0.05, 0) is 18.2 Å². The van der Waals surface area contributed by atoms with Gasteiger partial charge in [-0.3, -0.25) is 19.7 Å². The highest BCUT2D eigenvalue weighted by molar-refractivity contribution is 6.01. The lowest BCUT2D eigenvalue weighted by molar-refractivity contribution is -0.147. The van der Waals surface area contributed by atoms with Crippen LogP contribution in [0.5, 0.6) is 0 Å². The SMILES string of the molecule is COC(=O)c1ccccc1NC(=O)CCC(=O)OCC(=O)Nc1ncccn1. The molecule has 0 unspecified atom stereocenters. The molecular formula is C18H18N4O6. The lowest BCUT2D eigenvalue weighted by Gasteiger charge is -2.09. The lowest BCUT2D eigenvalue weighted by Crippen LogP contribution is -2.22. The van der Waals surface area contributed by atoms with E-state index in [9.17, 15) is 19.2 Å². The van der Waals surface area contributed by atoms with Crippen LogP contribution in [0.1, 0.15) is 23.2 Å². The summed E-state index contributed by atoms with van der Waals surface area (Å²) in [5.74, 6) is -2.32. The van der Waals surface area contributed by atoms with Gasteiger partial charge in [-0.15, -0.1) is 0 Å². The van der Waals surface area contributed by atoms with Crippen LogP contribution in [0.3, 0.4) is 0 Å². The summed E-state index contributed by atoms with van der Waals surface area (Å²) in [5.41, 5.74) is 0.468. The van der Waals surface area contributed by atoms with E-state index in [0.717, 1.165) is 0 Å². The Bertz CT molecular complexity index is 856. The van der Waals surface area contributed by atoms with Crippen molar-refractivity contribution in [1.82, 2.24) is 9.97 Å². The molecule has 0 radical (unpaired) electrons. The first-order valence-corrected chi connectivity index (χ1v) is 8.19. The molecule has 2 aromatic rings. The molecule has 0 atom stereocenters. The van der Waals surface area contributed by atoms with Gasteiger partial charge in [0.25, 0.3) is 5.91 Å². The summed E-state index contributed by atoms with van der Waals surface area (Å²) in [4.78, 5) is 54.6. The number of rotatable bonds is 8. The molecule has 1 heterocycles. The molecule has 0 fully saturated rings. The Morgan fingerprint density at radius 3 is 2.36 bits per heavy atom. The molecule has 0 bridgehead atoms. The van der Waals surface area contributed by atoms with Crippen molar-refractivity contribution in [2.45, 2.75) is 12.8 Å². The predicted octanol–water partition coefficient (Wildman–Crippen LogP) is 1.16. The van der Waals surface area contributed by atoms with E-state index in [0.29, 0.717) is 0 Å². The maximum absolute atomic E-state index is 12.0. The molecule has 10 heteroatoms. The number of hydrogen-bond donors (Lipinski definition) is 2. The van der Waals surface area contributed by atoms with Gasteiger partial charge >= 0.3 is 11.9 Å². The number of amides is 2. The number of nitrogens with zero attached hydrogens (tertiary/aromatic N) is 2. The molecule has 146 valence electrons. The standard InChI is InChI=1S/C18H18N4O6/c1-27-17(26)12-5-2-3-6-13(12)21-14(23)7-8-16(25)28-11-15(24)22-18-19-9-4-10-20-18/h2-6,9-10H,7-8,11H2,1H3,(H,21,23)(H,19,20,22,24). The Hall–Kier alpha value is -3.82. The van der Waals surface area contributed by atoms with Gasteiger partial charge in [0.2, 0.25) is 11.9 Å². The largest absolute Gasteiger partial charge is 0.465 e. The molecular weight excluding hydrogens is 368 g/mol. The van der Waals surface area contributed by atoms with E-state index in [1.54, 1.807) is 24.3 Å². The Morgan fingerprint density at radius 1 is 0.929 bits per heavy atom. The van der Waals surface area contributed by atoms with Crippen LogP contribution in [0, 0.1) is 0 Å². The summed E-state index contributed by atoms with van der Waals surface area (Å²) in [6, 6.07) is 7.91. The second kappa shape index (κ2) is 10.4. The third-order valence-electron chi connectivity index (χ3n) is 3.34. The summed E-state index contributed by atoms with van der Waals surface area (Å²) in [7, 11) is 1.23. The fourth-order valence-corrected chi connectivity index (χ4v) is 2.05. The molecule has 2 N–H and O–H groups in total. The van der Waals surface area contributed by atoms with Crippen molar-refractivity contribution in [2.75, 3.05) is 24.4 Å². The van der Waals surface area contributed by atoms with Gasteiger partial charge in [-0.25, -0.2) is 14.8 Å². The number of carbonyl (C=O) groups excluding carboxylic acids is 4. The minimum Gasteiger partial charge on any atom is -0.465 e. The van der Waals surface area contributed by atoms with E-state index < -0.39 is 30.4 Å². The molecule has 0 saturated heterocycles. The zero-order valence-electron chi connectivity index (χ0n) is 15.0. The number of esters is 2. The molecule has 0 spiro atoms. The van der Waals surface area contributed by atoms with E-state index in [-0.39, 0.29) is 30.0 Å². The lowest BCUT2D eigenvalue weighted by atomic mass is 10.1. The van der Waals surface area contributed by atoms with Crippen LogP contribution in [0.4, 0.5) is 11.6 Å². The highest BCUT2D eigenvalue weighted by Crippen LogP contribution is 2.16. The molecule has 0 saturated carbocycles. The van der Waals surface area contributed by atoms with E-state index in [4.69, 9.17) is 4.74 Å². The second-order valence-electron chi connectivity index (χ2n) is 5.37. The van der Waals surface area contributed by atoms with Gasteiger partial charge < -0.3 is 14.8 Å². The highest BCUT2D eigenvalue weighted by atomic mass is 16.5. The fraction of sp³-hybridized carbons (Fsp3) is 0.222. The van der Waals surface area contributed by atoms with Crippen LogP contribution in [0.25, 0.3) is 0 Å². The third kappa shape index (κ3) is 6.48. The van der Waals surface area contributed by atoms with Crippen LogP contribution < -0.4 is 10.6 Å². The van der Waals surface area contributed by atoms with Gasteiger partial charge in [0.1, 0.15) is 0 Å². The van der Waals surface area contributed by atoms with Crippen LogP contribution in [-0.4, -0.2) is 47.4 Å². The number of anilines is 2. The third-order valence-corrected chi connectivity index (χ3v) is 3.34. The van der Waals surface area contributed by atoms with E-state index in [1.807, 2.05) is 0 Å². The van der Waals surface area contributed by atoms with Gasteiger partial charge in [0.05, 0.1) is 24.8 Å². The van der Waals surface area contributed by atoms with Crippen LogP contribution in [0.15, 0.2) is 42.7 Å². The van der Waals surface area contributed by atoms with E-state index >= 15 is 0 Å². The smallest absolute Gasteiger partial charge is 0.339 e. The van der Waals surface area contributed by atoms with Crippen molar-refractivity contribution in [3.63, 3.8) is 0 Å². The summed E-state index contributed by atoms with van der Waals surface area (Å²) >= 11 is 0. The van der Waals surface area contributed by atoms with Crippen molar-refractivity contribution >= 4 is 35.4 Å². The van der Waals surface area contributed by atoms with Crippen LogP contribution in [0.2, 0.25) is 0 Å². The molecule has 1 aromatic carbocycles. The quantitative estimate of drug-likeness (QED) is 0.645. The summed E-state index contributed by atoms with van der Waals surface area (Å²) in [5, 5.41) is 4.89. The summed E-state index contributed by atoms with van der Waals surface area (Å²) in [6.45, 7) is -0.524. The second-order valence-corrected chi connectivity index (χ2v) is 5.37. The molecule has 2 amide bonds. The van der Waals surface area contributed by atoms with Crippen molar-refractivity contribution in [3.8, 4) is 0 Å². The molecule has 2 rings (SSSR count). The number of carbonyl (C=O) groups is 4. The average molecular weight is 386 g/mol. The normalized spacial score (nSPS) is 9.89. The first kappa shape index (κ1) is 20.5. The van der Waals surface area contributed by atoms with Gasteiger partial charge in [-0.2, -0.15) is 0 Å². The van der Waals surface area contributed by atoms with Crippen molar-refractivity contribution < 1.29 is 28.7 Å². The zero-order valence-corrected chi connectivity index (χ0v) is 15.0. The van der Waals surface area contributed by atoms with Gasteiger partial charge in [-0.1, -0.05) is 12.1 Å². The number of nitrogens with one attached hydrogen (secondary N) is 2. The predicted molar refractivity (Wildman–Crippen MR) is 97.3 cm³/mol. The Morgan fingerprint density at radius 2 is 1.64 bits per heavy atom. The molecule has 1 aromatic heterocycles. The zero-order chi connectivity index (χ0) is 20.4. The summed E-state index contributed by atoms with van der Waals surface area (Å²) in [6.07, 6.45) is 2.48. The highest BCUT2D eigenvalue weighted by Gasteiger charge is 2.15. The molecule has 10 nitrogen and oxygen atoms in total.